The predicted octanol–water partition coefficient (Wildman–Crippen LogP) is 3.52. The summed E-state index contributed by atoms with van der Waals surface area (Å²) in [5.41, 5.74) is 4.13. The van der Waals surface area contributed by atoms with E-state index in [1.807, 2.05) is 70.4 Å². The number of ether oxygens (including phenoxy) is 1. The molecule has 2 N–H and O–H groups in total. The number of rotatable bonds is 12. The van der Waals surface area contributed by atoms with Gasteiger partial charge in [0.15, 0.2) is 0 Å². The molecule has 1 unspecified atom stereocenters. The van der Waals surface area contributed by atoms with Crippen LogP contribution < -0.4 is 15.4 Å². The molecular weight excluding hydrogens is 428 g/mol. The van der Waals surface area contributed by atoms with Crippen LogP contribution in [0.4, 0.5) is 5.69 Å². The van der Waals surface area contributed by atoms with Crippen LogP contribution in [0, 0.1) is 13.8 Å². The van der Waals surface area contributed by atoms with Gasteiger partial charge >= 0.3 is 0 Å². The number of methoxy groups -OCH3 is 1. The second-order valence-electron chi connectivity index (χ2n) is 9.37. The van der Waals surface area contributed by atoms with Crippen LogP contribution in [0.1, 0.15) is 42.0 Å². The molecule has 1 aliphatic carbocycles. The molecule has 2 aromatic rings. The van der Waals surface area contributed by atoms with Gasteiger partial charge in [0.25, 0.3) is 0 Å². The van der Waals surface area contributed by atoms with E-state index in [1.54, 1.807) is 7.11 Å². The zero-order valence-electron chi connectivity index (χ0n) is 21.1. The molecule has 7 heteroatoms. The molecule has 1 atom stereocenters. The topological polar surface area (TPSA) is 73.9 Å². The van der Waals surface area contributed by atoms with E-state index < -0.39 is 0 Å². The normalized spacial score (nSPS) is 14.2. The number of anilines is 1. The lowest BCUT2D eigenvalue weighted by atomic mass is 10.1. The van der Waals surface area contributed by atoms with Crippen LogP contribution in [0.3, 0.4) is 0 Å². The highest BCUT2D eigenvalue weighted by molar-refractivity contribution is 5.93. The highest BCUT2D eigenvalue weighted by Gasteiger charge is 2.30. The van der Waals surface area contributed by atoms with Gasteiger partial charge in [0.1, 0.15) is 5.75 Å². The largest absolute Gasteiger partial charge is 0.497 e. The minimum Gasteiger partial charge on any atom is -0.497 e. The quantitative estimate of drug-likeness (QED) is 0.501. The van der Waals surface area contributed by atoms with E-state index >= 15 is 0 Å². The van der Waals surface area contributed by atoms with Gasteiger partial charge in [-0.15, -0.1) is 0 Å². The number of benzene rings is 2. The SMILES string of the molecule is COc1ccc(C(CNC(=O)CCN(CC(=O)Nc2cc(C)ccc2C)C2CC2)N(C)C)cc1. The highest BCUT2D eigenvalue weighted by Crippen LogP contribution is 2.27. The van der Waals surface area contributed by atoms with Crippen molar-refractivity contribution in [2.45, 2.75) is 45.2 Å². The average molecular weight is 467 g/mol. The first-order chi connectivity index (χ1) is 16.3. The summed E-state index contributed by atoms with van der Waals surface area (Å²) in [5, 5.41) is 6.11. The fourth-order valence-corrected chi connectivity index (χ4v) is 4.04. The summed E-state index contributed by atoms with van der Waals surface area (Å²) in [6, 6.07) is 14.4. The van der Waals surface area contributed by atoms with E-state index in [-0.39, 0.29) is 17.9 Å². The van der Waals surface area contributed by atoms with Crippen molar-refractivity contribution in [1.82, 2.24) is 15.1 Å². The first kappa shape index (κ1) is 25.7. The maximum absolute atomic E-state index is 12.7. The molecule has 0 aromatic heterocycles. The Bertz CT molecular complexity index is 970. The first-order valence-corrected chi connectivity index (χ1v) is 11.9. The average Bonchev–Trinajstić information content (AvgIpc) is 3.65. The fraction of sp³-hybridized carbons (Fsp3) is 0.481. The first-order valence-electron chi connectivity index (χ1n) is 11.9. The van der Waals surface area contributed by atoms with Crippen molar-refractivity contribution in [1.29, 1.82) is 0 Å². The Kier molecular flexibility index (Phi) is 9.07. The van der Waals surface area contributed by atoms with Gasteiger partial charge in [-0.1, -0.05) is 24.3 Å². The molecule has 1 saturated carbocycles. The van der Waals surface area contributed by atoms with Crippen LogP contribution >= 0.6 is 0 Å². The van der Waals surface area contributed by atoms with Gasteiger partial charge < -0.3 is 20.3 Å². The van der Waals surface area contributed by atoms with Gasteiger partial charge in [-0.25, -0.2) is 0 Å². The number of carbonyl (C=O) groups is 2. The third kappa shape index (κ3) is 7.57. The summed E-state index contributed by atoms with van der Waals surface area (Å²) >= 11 is 0. The second kappa shape index (κ2) is 12.0. The Morgan fingerprint density at radius 2 is 1.76 bits per heavy atom. The second-order valence-corrected chi connectivity index (χ2v) is 9.37. The van der Waals surface area contributed by atoms with Crippen LogP contribution in [-0.2, 0) is 9.59 Å². The van der Waals surface area contributed by atoms with E-state index in [0.717, 1.165) is 41.0 Å². The Labute approximate surface area is 203 Å². The zero-order chi connectivity index (χ0) is 24.7. The molecule has 0 radical (unpaired) electrons. The van der Waals surface area contributed by atoms with Crippen molar-refractivity contribution in [3.8, 4) is 5.75 Å². The molecule has 2 aromatic carbocycles. The lowest BCUT2D eigenvalue weighted by molar-refractivity contribution is -0.122. The van der Waals surface area contributed by atoms with Crippen LogP contribution in [0.15, 0.2) is 42.5 Å². The summed E-state index contributed by atoms with van der Waals surface area (Å²) in [6.45, 7) is 5.41. The molecule has 2 amide bonds. The summed E-state index contributed by atoms with van der Waals surface area (Å²) in [6.07, 6.45) is 2.53. The monoisotopic (exact) mass is 466 g/mol. The Hall–Kier alpha value is -2.90. The van der Waals surface area contributed by atoms with Crippen LogP contribution in [-0.4, -0.2) is 68.5 Å². The number of hydrogen-bond acceptors (Lipinski definition) is 5. The van der Waals surface area contributed by atoms with E-state index in [9.17, 15) is 9.59 Å². The molecule has 184 valence electrons. The number of nitrogens with one attached hydrogen (secondary N) is 2. The number of nitrogens with zero attached hydrogens (tertiary/aromatic N) is 2. The minimum absolute atomic E-state index is 0.000878. The Morgan fingerprint density at radius 3 is 2.38 bits per heavy atom. The molecule has 0 spiro atoms. The smallest absolute Gasteiger partial charge is 0.238 e. The van der Waals surface area contributed by atoms with Crippen molar-refractivity contribution in [2.75, 3.05) is 46.2 Å². The Balaban J connectivity index is 1.49. The number of carbonyl (C=O) groups excluding carboxylic acids is 2. The summed E-state index contributed by atoms with van der Waals surface area (Å²) in [7, 11) is 5.66. The van der Waals surface area contributed by atoms with Crippen molar-refractivity contribution in [3.63, 3.8) is 0 Å². The maximum atomic E-state index is 12.7. The standard InChI is InChI=1S/C27H38N4O3/c1-19-6-7-20(2)24(16-19)29-27(33)18-31(22-10-11-22)15-14-26(32)28-17-25(30(3)4)21-8-12-23(34-5)13-9-21/h6-9,12-13,16,22,25H,10-11,14-15,17-18H2,1-5H3,(H,28,32)(H,29,33). The number of amides is 2. The van der Waals surface area contributed by atoms with Gasteiger partial charge in [-0.2, -0.15) is 0 Å². The fourth-order valence-electron chi connectivity index (χ4n) is 4.04. The molecule has 34 heavy (non-hydrogen) atoms. The van der Waals surface area contributed by atoms with Crippen LogP contribution in [0.2, 0.25) is 0 Å². The number of aryl methyl sites for hydroxylation is 2. The van der Waals surface area contributed by atoms with Gasteiger partial charge in [-0.3, -0.25) is 14.5 Å². The molecule has 0 aliphatic heterocycles. The van der Waals surface area contributed by atoms with Crippen molar-refractivity contribution in [3.05, 3.63) is 59.2 Å². The third-order valence-corrected chi connectivity index (χ3v) is 6.32. The third-order valence-electron chi connectivity index (χ3n) is 6.32. The van der Waals surface area contributed by atoms with Gasteiger partial charge in [0, 0.05) is 31.2 Å². The lowest BCUT2D eigenvalue weighted by Gasteiger charge is -2.26. The summed E-state index contributed by atoms with van der Waals surface area (Å²) in [5.74, 6) is 0.779. The molecule has 1 aliphatic rings. The van der Waals surface area contributed by atoms with Crippen molar-refractivity contribution >= 4 is 17.5 Å². The molecule has 1 fully saturated rings. The van der Waals surface area contributed by atoms with E-state index in [0.29, 0.717) is 32.1 Å². The number of likely N-dealkylation sites (N-methyl/N-ethyl adjacent to an activating group) is 1. The van der Waals surface area contributed by atoms with E-state index in [2.05, 4.69) is 20.4 Å². The Morgan fingerprint density at radius 1 is 1.06 bits per heavy atom. The van der Waals surface area contributed by atoms with Gasteiger partial charge in [0.05, 0.1) is 19.7 Å². The number of hydrogen-bond donors (Lipinski definition) is 2. The molecule has 0 saturated heterocycles. The van der Waals surface area contributed by atoms with E-state index in [4.69, 9.17) is 4.74 Å². The van der Waals surface area contributed by atoms with Gasteiger partial charge in [-0.05, 0) is 75.7 Å². The lowest BCUT2D eigenvalue weighted by Crippen LogP contribution is -2.39. The van der Waals surface area contributed by atoms with E-state index in [1.165, 1.54) is 0 Å². The maximum Gasteiger partial charge on any atom is 0.238 e. The summed E-state index contributed by atoms with van der Waals surface area (Å²) in [4.78, 5) is 29.5. The highest BCUT2D eigenvalue weighted by atomic mass is 16.5. The van der Waals surface area contributed by atoms with Crippen LogP contribution in [0.5, 0.6) is 5.75 Å². The summed E-state index contributed by atoms with van der Waals surface area (Å²) < 4.78 is 5.24. The van der Waals surface area contributed by atoms with Gasteiger partial charge in [0.2, 0.25) is 11.8 Å². The molecule has 3 rings (SSSR count). The molecule has 7 nitrogen and oxygen atoms in total. The zero-order valence-corrected chi connectivity index (χ0v) is 21.1. The van der Waals surface area contributed by atoms with Crippen molar-refractivity contribution in [2.24, 2.45) is 0 Å². The molecule has 0 bridgehead atoms. The predicted molar refractivity (Wildman–Crippen MR) is 136 cm³/mol. The minimum atomic E-state index is -0.0341. The molecule has 0 heterocycles. The van der Waals surface area contributed by atoms with Crippen LogP contribution in [0.25, 0.3) is 0 Å². The molecular formula is C27H38N4O3. The van der Waals surface area contributed by atoms with Crippen molar-refractivity contribution < 1.29 is 14.3 Å².